The number of amides is 1. The fraction of sp³-hybridized carbons (Fsp3) is 0.200. The van der Waals surface area contributed by atoms with Crippen molar-refractivity contribution in [2.75, 3.05) is 26.2 Å². The lowest BCUT2D eigenvalue weighted by molar-refractivity contribution is 0.0612. The van der Waals surface area contributed by atoms with Crippen LogP contribution in [-0.4, -0.2) is 57.8 Å². The number of aromatic nitrogens is 2. The van der Waals surface area contributed by atoms with Gasteiger partial charge in [-0.1, -0.05) is 41.0 Å². The Labute approximate surface area is 205 Å². The number of halogens is 1. The van der Waals surface area contributed by atoms with E-state index in [1.807, 2.05) is 23.6 Å². The predicted octanol–water partition coefficient (Wildman–Crippen LogP) is 4.64. The van der Waals surface area contributed by atoms with Gasteiger partial charge >= 0.3 is 0 Å². The van der Waals surface area contributed by atoms with Gasteiger partial charge in [0.25, 0.3) is 5.91 Å². The van der Waals surface area contributed by atoms with Gasteiger partial charge in [-0.05, 0) is 41.8 Å². The Morgan fingerprint density at radius 2 is 1.68 bits per heavy atom. The third-order valence-electron chi connectivity index (χ3n) is 5.74. The minimum Gasteiger partial charge on any atom is -0.338 e. The maximum absolute atomic E-state index is 13.3. The lowest BCUT2D eigenvalue weighted by Gasteiger charge is -2.34. The van der Waals surface area contributed by atoms with E-state index in [1.165, 1.54) is 11.3 Å². The minimum atomic E-state index is -0.122. The van der Waals surface area contributed by atoms with Gasteiger partial charge in [-0.15, -0.1) is 11.3 Å². The third-order valence-corrected chi connectivity index (χ3v) is 6.86. The summed E-state index contributed by atoms with van der Waals surface area (Å²) in [6.45, 7) is 2.96. The van der Waals surface area contributed by atoms with E-state index in [4.69, 9.17) is 16.1 Å². The van der Waals surface area contributed by atoms with Crippen molar-refractivity contribution in [2.24, 2.45) is 0 Å². The summed E-state index contributed by atoms with van der Waals surface area (Å²) < 4.78 is 5.42. The lowest BCUT2D eigenvalue weighted by Crippen LogP contribution is -2.48. The molecule has 5 rings (SSSR count). The summed E-state index contributed by atoms with van der Waals surface area (Å²) in [6, 6.07) is 17.9. The maximum atomic E-state index is 13.3. The van der Waals surface area contributed by atoms with Crippen LogP contribution in [0.4, 0.5) is 0 Å². The molecule has 1 aliphatic heterocycles. The number of rotatable bonds is 6. The first-order valence-electron chi connectivity index (χ1n) is 10.9. The van der Waals surface area contributed by atoms with E-state index in [1.54, 1.807) is 47.4 Å². The molecule has 0 bridgehead atoms. The van der Waals surface area contributed by atoms with Crippen LogP contribution in [0.25, 0.3) is 11.4 Å². The van der Waals surface area contributed by atoms with E-state index in [-0.39, 0.29) is 11.7 Å². The van der Waals surface area contributed by atoms with Crippen molar-refractivity contribution in [1.82, 2.24) is 19.9 Å². The van der Waals surface area contributed by atoms with Gasteiger partial charge in [0.2, 0.25) is 17.5 Å². The SMILES string of the molecule is O=C(c1cccs1)c1ccccc1C(=O)N1CCN(Cc2nc(-c3ccc(Cl)cc3)no2)CC1. The summed E-state index contributed by atoms with van der Waals surface area (Å²) in [5.41, 5.74) is 1.72. The van der Waals surface area contributed by atoms with Crippen molar-refractivity contribution >= 4 is 34.6 Å². The minimum absolute atomic E-state index is 0.120. The van der Waals surface area contributed by atoms with Crippen molar-refractivity contribution < 1.29 is 14.1 Å². The number of piperazine rings is 1. The zero-order chi connectivity index (χ0) is 23.5. The number of carbonyl (C=O) groups is 2. The van der Waals surface area contributed by atoms with Crippen LogP contribution in [0.2, 0.25) is 5.02 Å². The van der Waals surface area contributed by atoms with Crippen LogP contribution in [0, 0.1) is 0 Å². The van der Waals surface area contributed by atoms with Crippen LogP contribution < -0.4 is 0 Å². The Morgan fingerprint density at radius 1 is 0.941 bits per heavy atom. The smallest absolute Gasteiger partial charge is 0.254 e. The summed E-state index contributed by atoms with van der Waals surface area (Å²) in [5, 5.41) is 6.57. The fourth-order valence-electron chi connectivity index (χ4n) is 3.91. The van der Waals surface area contributed by atoms with E-state index in [2.05, 4.69) is 15.0 Å². The van der Waals surface area contributed by atoms with Gasteiger partial charge in [0.05, 0.1) is 17.0 Å². The number of benzene rings is 2. The van der Waals surface area contributed by atoms with Crippen LogP contribution in [0.3, 0.4) is 0 Å². The van der Waals surface area contributed by atoms with Crippen LogP contribution in [0.5, 0.6) is 0 Å². The number of hydrogen-bond donors (Lipinski definition) is 0. The summed E-state index contributed by atoms with van der Waals surface area (Å²) in [7, 11) is 0. The number of thiophene rings is 1. The van der Waals surface area contributed by atoms with Crippen molar-refractivity contribution in [3.05, 3.63) is 93.0 Å². The van der Waals surface area contributed by atoms with Gasteiger partial charge in [-0.3, -0.25) is 14.5 Å². The number of carbonyl (C=O) groups excluding carboxylic acids is 2. The summed E-state index contributed by atoms with van der Waals surface area (Å²) in [6.07, 6.45) is 0. The second kappa shape index (κ2) is 9.89. The summed E-state index contributed by atoms with van der Waals surface area (Å²) >= 11 is 7.32. The Balaban J connectivity index is 1.21. The van der Waals surface area contributed by atoms with Crippen LogP contribution in [-0.2, 0) is 6.54 Å². The van der Waals surface area contributed by atoms with Gasteiger partial charge < -0.3 is 9.42 Å². The number of ketones is 1. The molecule has 0 unspecified atom stereocenters. The molecule has 1 fully saturated rings. The monoisotopic (exact) mass is 492 g/mol. The predicted molar refractivity (Wildman–Crippen MR) is 130 cm³/mol. The average Bonchev–Trinajstić information content (AvgIpc) is 3.57. The Hall–Kier alpha value is -3.33. The van der Waals surface area contributed by atoms with Crippen molar-refractivity contribution in [2.45, 2.75) is 6.54 Å². The Kier molecular flexibility index (Phi) is 6.53. The molecule has 2 aromatic heterocycles. The van der Waals surface area contributed by atoms with E-state index in [0.29, 0.717) is 65.5 Å². The molecule has 4 aromatic rings. The molecule has 0 spiro atoms. The standard InChI is InChI=1S/C25H21ClN4O3S/c26-18-9-7-17(8-10-18)24-27-22(33-28-24)16-29-11-13-30(14-12-29)25(32)20-5-2-1-4-19(20)23(31)21-6-3-15-34-21/h1-10,15H,11-14,16H2. The molecule has 0 atom stereocenters. The fourth-order valence-corrected chi connectivity index (χ4v) is 4.72. The largest absolute Gasteiger partial charge is 0.338 e. The topological polar surface area (TPSA) is 79.5 Å². The van der Waals surface area contributed by atoms with Crippen LogP contribution in [0.1, 0.15) is 31.5 Å². The van der Waals surface area contributed by atoms with Crippen LogP contribution in [0.15, 0.2) is 70.6 Å². The highest BCUT2D eigenvalue weighted by molar-refractivity contribution is 7.12. The molecule has 1 saturated heterocycles. The lowest BCUT2D eigenvalue weighted by atomic mass is 10.0. The Bertz CT molecular complexity index is 1300. The van der Waals surface area contributed by atoms with Gasteiger partial charge in [-0.2, -0.15) is 4.98 Å². The van der Waals surface area contributed by atoms with E-state index >= 15 is 0 Å². The molecule has 7 nitrogen and oxygen atoms in total. The van der Waals surface area contributed by atoms with Gasteiger partial charge in [0.15, 0.2) is 0 Å². The Morgan fingerprint density at radius 3 is 2.38 bits per heavy atom. The second-order valence-corrected chi connectivity index (χ2v) is 9.32. The first-order valence-corrected chi connectivity index (χ1v) is 12.1. The van der Waals surface area contributed by atoms with Crippen molar-refractivity contribution in [3.63, 3.8) is 0 Å². The molecule has 1 amide bonds. The highest BCUT2D eigenvalue weighted by Gasteiger charge is 2.26. The normalized spacial score (nSPS) is 14.3. The number of hydrogen-bond acceptors (Lipinski definition) is 7. The molecule has 2 aromatic carbocycles. The quantitative estimate of drug-likeness (QED) is 0.365. The molecule has 0 saturated carbocycles. The molecule has 172 valence electrons. The first kappa shape index (κ1) is 22.5. The third kappa shape index (κ3) is 4.79. The zero-order valence-electron chi connectivity index (χ0n) is 18.2. The summed E-state index contributed by atoms with van der Waals surface area (Å²) in [4.78, 5) is 35.2. The molecule has 1 aliphatic rings. The maximum Gasteiger partial charge on any atom is 0.254 e. The van der Waals surface area contributed by atoms with Gasteiger partial charge in [-0.25, -0.2) is 0 Å². The highest BCUT2D eigenvalue weighted by Crippen LogP contribution is 2.22. The van der Waals surface area contributed by atoms with Crippen LogP contribution >= 0.6 is 22.9 Å². The first-order chi connectivity index (χ1) is 16.6. The molecule has 3 heterocycles. The molecule has 0 radical (unpaired) electrons. The molecular weight excluding hydrogens is 472 g/mol. The van der Waals surface area contributed by atoms with Gasteiger partial charge in [0.1, 0.15) is 0 Å². The van der Waals surface area contributed by atoms with E-state index < -0.39 is 0 Å². The highest BCUT2D eigenvalue weighted by atomic mass is 35.5. The van der Waals surface area contributed by atoms with E-state index in [0.717, 1.165) is 5.56 Å². The zero-order valence-corrected chi connectivity index (χ0v) is 19.8. The number of nitrogens with zero attached hydrogens (tertiary/aromatic N) is 4. The molecule has 0 aliphatic carbocycles. The molecule has 34 heavy (non-hydrogen) atoms. The molecular formula is C25H21ClN4O3S. The van der Waals surface area contributed by atoms with Crippen molar-refractivity contribution in [1.29, 1.82) is 0 Å². The van der Waals surface area contributed by atoms with Gasteiger partial charge in [0, 0.05) is 42.3 Å². The molecule has 0 N–H and O–H groups in total. The summed E-state index contributed by atoms with van der Waals surface area (Å²) in [5.74, 6) is 0.803. The van der Waals surface area contributed by atoms with E-state index in [9.17, 15) is 9.59 Å². The second-order valence-electron chi connectivity index (χ2n) is 7.94. The molecule has 9 heteroatoms. The van der Waals surface area contributed by atoms with Crippen molar-refractivity contribution in [3.8, 4) is 11.4 Å². The average molecular weight is 493 g/mol.